The molecule has 0 unspecified atom stereocenters. The van der Waals surface area contributed by atoms with Gasteiger partial charge >= 0.3 is 0 Å². The zero-order valence-corrected chi connectivity index (χ0v) is 16.4. The van der Waals surface area contributed by atoms with Crippen molar-refractivity contribution in [2.45, 2.75) is 6.42 Å². The van der Waals surface area contributed by atoms with Gasteiger partial charge in [0.05, 0.1) is 0 Å². The number of benzene rings is 1. The predicted molar refractivity (Wildman–Crippen MR) is 113 cm³/mol. The van der Waals surface area contributed by atoms with E-state index in [9.17, 15) is 4.79 Å². The van der Waals surface area contributed by atoms with Crippen LogP contribution in [0.1, 0.15) is 16.8 Å². The Morgan fingerprint density at radius 3 is 2.50 bits per heavy atom. The molecule has 8 nitrogen and oxygen atoms in total. The highest BCUT2D eigenvalue weighted by molar-refractivity contribution is 5.94. The first-order chi connectivity index (χ1) is 14.8. The van der Waals surface area contributed by atoms with Crippen molar-refractivity contribution in [2.24, 2.45) is 0 Å². The molecule has 0 spiro atoms. The van der Waals surface area contributed by atoms with Gasteiger partial charge in [0, 0.05) is 49.7 Å². The zero-order valence-electron chi connectivity index (χ0n) is 16.4. The minimum absolute atomic E-state index is 0.0489. The summed E-state index contributed by atoms with van der Waals surface area (Å²) in [4.78, 5) is 20.9. The van der Waals surface area contributed by atoms with Gasteiger partial charge in [-0.25, -0.2) is 0 Å². The summed E-state index contributed by atoms with van der Waals surface area (Å²) in [5, 5.41) is 13.4. The van der Waals surface area contributed by atoms with Crippen LogP contribution >= 0.6 is 0 Å². The highest BCUT2D eigenvalue weighted by Crippen LogP contribution is 2.20. The lowest BCUT2D eigenvalue weighted by molar-refractivity contribution is 0.0767. The van der Waals surface area contributed by atoms with E-state index in [2.05, 4.69) is 20.1 Å². The molecule has 0 bridgehead atoms. The van der Waals surface area contributed by atoms with Crippen LogP contribution in [0.4, 0.5) is 5.82 Å². The molecule has 0 atom stereocenters. The molecule has 1 saturated heterocycles. The number of rotatable bonds is 3. The Labute approximate surface area is 173 Å². The Hall–Kier alpha value is -3.81. The topological polar surface area (TPSA) is 79.5 Å². The summed E-state index contributed by atoms with van der Waals surface area (Å²) in [6, 6.07) is 17.4. The predicted octanol–water partition coefficient (Wildman–Crippen LogP) is 2.54. The lowest BCUT2D eigenvalue weighted by Gasteiger charge is -2.23. The second-order valence-corrected chi connectivity index (χ2v) is 7.22. The average Bonchev–Trinajstić information content (AvgIpc) is 3.08. The quantitative estimate of drug-likeness (QED) is 0.527. The number of amides is 1. The normalized spacial score (nSPS) is 14.7. The van der Waals surface area contributed by atoms with Crippen molar-refractivity contribution in [1.29, 1.82) is 0 Å². The average molecular weight is 399 g/mol. The lowest BCUT2D eigenvalue weighted by Crippen LogP contribution is -2.35. The molecule has 150 valence electrons. The van der Waals surface area contributed by atoms with Gasteiger partial charge in [-0.15, -0.1) is 15.3 Å². The Balaban J connectivity index is 1.38. The van der Waals surface area contributed by atoms with Gasteiger partial charge in [-0.1, -0.05) is 30.3 Å². The van der Waals surface area contributed by atoms with Crippen molar-refractivity contribution < 1.29 is 4.79 Å². The van der Waals surface area contributed by atoms with Crippen LogP contribution < -0.4 is 4.90 Å². The molecule has 0 saturated carbocycles. The fraction of sp³-hybridized carbons (Fsp3) is 0.227. The van der Waals surface area contributed by atoms with E-state index in [0.717, 1.165) is 43.3 Å². The summed E-state index contributed by atoms with van der Waals surface area (Å²) in [6.07, 6.45) is 4.18. The van der Waals surface area contributed by atoms with Gasteiger partial charge in [0.2, 0.25) is 0 Å². The highest BCUT2D eigenvalue weighted by atomic mass is 16.2. The summed E-state index contributed by atoms with van der Waals surface area (Å²) < 4.78 is 1.79. The van der Waals surface area contributed by atoms with Crippen molar-refractivity contribution in [2.75, 3.05) is 31.1 Å². The van der Waals surface area contributed by atoms with Crippen LogP contribution in [0.25, 0.3) is 17.0 Å². The van der Waals surface area contributed by atoms with Gasteiger partial charge in [-0.2, -0.15) is 4.52 Å². The van der Waals surface area contributed by atoms with Crippen LogP contribution in [-0.4, -0.2) is 61.8 Å². The smallest absolute Gasteiger partial charge is 0.254 e. The Morgan fingerprint density at radius 2 is 1.67 bits per heavy atom. The molecule has 5 rings (SSSR count). The Bertz CT molecular complexity index is 1160. The van der Waals surface area contributed by atoms with E-state index in [1.165, 1.54) is 0 Å². The van der Waals surface area contributed by atoms with E-state index in [-0.39, 0.29) is 5.91 Å². The van der Waals surface area contributed by atoms with Gasteiger partial charge in [-0.05, 0) is 30.7 Å². The molecule has 1 aromatic carbocycles. The summed E-state index contributed by atoms with van der Waals surface area (Å²) in [6.45, 7) is 2.93. The summed E-state index contributed by atoms with van der Waals surface area (Å²) >= 11 is 0. The molecule has 0 aliphatic carbocycles. The molecular formula is C22H21N7O. The molecule has 1 fully saturated rings. The maximum atomic E-state index is 12.8. The van der Waals surface area contributed by atoms with Gasteiger partial charge in [0.25, 0.3) is 5.91 Å². The molecule has 1 aliphatic heterocycles. The number of fused-ring (bicyclic) bond motifs is 1. The summed E-state index contributed by atoms with van der Waals surface area (Å²) in [7, 11) is 0. The number of nitrogens with zero attached hydrogens (tertiary/aromatic N) is 7. The van der Waals surface area contributed by atoms with Crippen LogP contribution in [0.15, 0.2) is 67.0 Å². The van der Waals surface area contributed by atoms with Crippen molar-refractivity contribution >= 4 is 17.4 Å². The minimum atomic E-state index is 0.0489. The third kappa shape index (κ3) is 3.47. The first-order valence-electron chi connectivity index (χ1n) is 10.0. The van der Waals surface area contributed by atoms with Crippen LogP contribution in [-0.2, 0) is 0 Å². The molecule has 0 N–H and O–H groups in total. The third-order valence-electron chi connectivity index (χ3n) is 5.32. The van der Waals surface area contributed by atoms with Gasteiger partial charge in [0.15, 0.2) is 11.5 Å². The fourth-order valence-corrected chi connectivity index (χ4v) is 3.74. The molecular weight excluding hydrogens is 378 g/mol. The number of carbonyl (C=O) groups is 1. The molecule has 0 radical (unpaired) electrons. The molecule has 1 amide bonds. The number of hydrogen-bond donors (Lipinski definition) is 0. The van der Waals surface area contributed by atoms with Crippen LogP contribution in [0, 0.1) is 0 Å². The van der Waals surface area contributed by atoms with Crippen molar-refractivity contribution in [3.8, 4) is 11.4 Å². The Kier molecular flexibility index (Phi) is 4.80. The van der Waals surface area contributed by atoms with Crippen molar-refractivity contribution in [3.63, 3.8) is 0 Å². The Morgan fingerprint density at radius 1 is 0.833 bits per heavy atom. The maximum Gasteiger partial charge on any atom is 0.254 e. The lowest BCUT2D eigenvalue weighted by atomic mass is 10.2. The van der Waals surface area contributed by atoms with E-state index >= 15 is 0 Å². The minimum Gasteiger partial charge on any atom is -0.353 e. The number of pyridine rings is 1. The second kappa shape index (κ2) is 7.90. The first kappa shape index (κ1) is 18.2. The van der Waals surface area contributed by atoms with E-state index in [0.29, 0.717) is 17.8 Å². The van der Waals surface area contributed by atoms with Crippen molar-refractivity contribution in [3.05, 3.63) is 72.6 Å². The number of carbonyl (C=O) groups excluding carboxylic acids is 1. The van der Waals surface area contributed by atoms with Crippen LogP contribution in [0.2, 0.25) is 0 Å². The van der Waals surface area contributed by atoms with Crippen molar-refractivity contribution in [1.82, 2.24) is 29.7 Å². The number of hydrogen-bond acceptors (Lipinski definition) is 6. The summed E-state index contributed by atoms with van der Waals surface area (Å²) in [5.41, 5.74) is 2.36. The molecule has 4 heterocycles. The zero-order chi connectivity index (χ0) is 20.3. The van der Waals surface area contributed by atoms with E-state index in [1.54, 1.807) is 29.0 Å². The van der Waals surface area contributed by atoms with Gasteiger partial charge < -0.3 is 9.80 Å². The monoisotopic (exact) mass is 399 g/mol. The number of aromatic nitrogens is 5. The van der Waals surface area contributed by atoms with E-state index < -0.39 is 0 Å². The second-order valence-electron chi connectivity index (χ2n) is 7.22. The third-order valence-corrected chi connectivity index (χ3v) is 5.32. The SMILES string of the molecule is O=C(c1ccncc1)N1CCCN(c2ccc3nnc(-c4ccccc4)n3n2)CC1. The summed E-state index contributed by atoms with van der Waals surface area (Å²) in [5.74, 6) is 1.63. The first-order valence-corrected chi connectivity index (χ1v) is 10.0. The number of anilines is 1. The molecule has 30 heavy (non-hydrogen) atoms. The standard InChI is InChI=1S/C22H21N7O/c30-22(18-9-11-23-12-10-18)28-14-4-13-27(15-16-28)20-8-7-19-24-25-21(29(19)26-20)17-5-2-1-3-6-17/h1-3,5-12H,4,13-16H2. The van der Waals surface area contributed by atoms with Gasteiger partial charge in [0.1, 0.15) is 5.82 Å². The molecule has 8 heteroatoms. The molecule has 1 aliphatic rings. The molecule has 3 aromatic heterocycles. The van der Waals surface area contributed by atoms with Crippen LogP contribution in [0.3, 0.4) is 0 Å². The van der Waals surface area contributed by atoms with Gasteiger partial charge in [-0.3, -0.25) is 9.78 Å². The fourth-order valence-electron chi connectivity index (χ4n) is 3.74. The van der Waals surface area contributed by atoms with E-state index in [4.69, 9.17) is 5.10 Å². The van der Waals surface area contributed by atoms with Crippen LogP contribution in [0.5, 0.6) is 0 Å². The van der Waals surface area contributed by atoms with E-state index in [1.807, 2.05) is 47.4 Å². The largest absolute Gasteiger partial charge is 0.353 e. The maximum absolute atomic E-state index is 12.8. The highest BCUT2D eigenvalue weighted by Gasteiger charge is 2.21. The molecule has 4 aromatic rings.